The number of amides is 1. The summed E-state index contributed by atoms with van der Waals surface area (Å²) in [6.07, 6.45) is 2.19. The summed E-state index contributed by atoms with van der Waals surface area (Å²) < 4.78 is 19.5. The van der Waals surface area contributed by atoms with Crippen molar-refractivity contribution >= 4 is 17.5 Å². The molecule has 5 heteroatoms. The summed E-state index contributed by atoms with van der Waals surface area (Å²) in [6, 6.07) is 10.2. The van der Waals surface area contributed by atoms with E-state index >= 15 is 0 Å². The second-order valence-electron chi connectivity index (χ2n) is 6.64. The molecular formula is C21H23ClFNO2. The van der Waals surface area contributed by atoms with Crippen molar-refractivity contribution in [1.82, 2.24) is 4.90 Å². The summed E-state index contributed by atoms with van der Waals surface area (Å²) >= 11 is 6.25. The van der Waals surface area contributed by atoms with Crippen LogP contribution in [0.3, 0.4) is 0 Å². The van der Waals surface area contributed by atoms with E-state index in [-0.39, 0.29) is 17.8 Å². The van der Waals surface area contributed by atoms with E-state index < -0.39 is 0 Å². The highest BCUT2D eigenvalue weighted by atomic mass is 35.5. The maximum Gasteiger partial charge on any atom is 0.253 e. The summed E-state index contributed by atoms with van der Waals surface area (Å²) in [7, 11) is 0. The normalized spacial score (nSPS) is 16.7. The van der Waals surface area contributed by atoms with Crippen molar-refractivity contribution in [3.8, 4) is 11.1 Å². The smallest absolute Gasteiger partial charge is 0.253 e. The van der Waals surface area contributed by atoms with Crippen LogP contribution in [-0.2, 0) is 4.74 Å². The number of nitrogens with zero attached hydrogens (tertiary/aromatic N) is 1. The molecule has 0 saturated carbocycles. The molecular weight excluding hydrogens is 353 g/mol. The predicted molar refractivity (Wildman–Crippen MR) is 102 cm³/mol. The maximum absolute atomic E-state index is 13.9. The Bertz CT molecular complexity index is 785. The number of carbonyl (C=O) groups is 1. The zero-order valence-corrected chi connectivity index (χ0v) is 15.9. The van der Waals surface area contributed by atoms with Crippen LogP contribution in [0.1, 0.15) is 35.7 Å². The highest BCUT2D eigenvalue weighted by molar-refractivity contribution is 6.33. The van der Waals surface area contributed by atoms with Crippen LogP contribution < -0.4 is 0 Å². The van der Waals surface area contributed by atoms with Crippen molar-refractivity contribution in [2.75, 3.05) is 19.7 Å². The van der Waals surface area contributed by atoms with Crippen LogP contribution in [0.2, 0.25) is 5.02 Å². The predicted octanol–water partition coefficient (Wildman–Crippen LogP) is 5.10. The molecule has 1 atom stereocenters. The van der Waals surface area contributed by atoms with Gasteiger partial charge >= 0.3 is 0 Å². The topological polar surface area (TPSA) is 29.5 Å². The number of halogens is 2. The Morgan fingerprint density at radius 2 is 2.04 bits per heavy atom. The lowest BCUT2D eigenvalue weighted by Gasteiger charge is -2.24. The van der Waals surface area contributed by atoms with Crippen molar-refractivity contribution in [2.24, 2.45) is 0 Å². The molecule has 1 aliphatic heterocycles. The Balaban J connectivity index is 1.78. The lowest BCUT2D eigenvalue weighted by Crippen LogP contribution is -2.37. The first-order valence-electron chi connectivity index (χ1n) is 8.96. The Hall–Kier alpha value is -1.91. The number of likely N-dealkylation sites (N-methyl/N-ethyl adjacent to an activating group) is 1. The monoisotopic (exact) mass is 375 g/mol. The van der Waals surface area contributed by atoms with E-state index in [1.165, 1.54) is 6.07 Å². The van der Waals surface area contributed by atoms with Gasteiger partial charge in [-0.25, -0.2) is 4.39 Å². The standard InChI is InChI=1S/C21H23ClFNO2/c1-3-24(13-17-5-4-10-26-17)21(25)16-8-6-15(7-9-16)18-12-20(23)14(2)11-19(18)22/h6-9,11-12,17H,3-5,10,13H2,1-2H3/t17-/m1/s1. The van der Waals surface area contributed by atoms with Gasteiger partial charge in [0.2, 0.25) is 0 Å². The van der Waals surface area contributed by atoms with E-state index in [4.69, 9.17) is 16.3 Å². The fourth-order valence-electron chi connectivity index (χ4n) is 3.23. The molecule has 26 heavy (non-hydrogen) atoms. The van der Waals surface area contributed by atoms with E-state index in [1.807, 2.05) is 24.0 Å². The average molecular weight is 376 g/mol. The Kier molecular flexibility index (Phi) is 5.94. The van der Waals surface area contributed by atoms with Crippen LogP contribution in [-0.4, -0.2) is 36.6 Å². The van der Waals surface area contributed by atoms with Crippen molar-refractivity contribution in [1.29, 1.82) is 0 Å². The molecule has 3 rings (SSSR count). The van der Waals surface area contributed by atoms with Crippen molar-refractivity contribution in [3.05, 3.63) is 58.4 Å². The summed E-state index contributed by atoms with van der Waals surface area (Å²) in [5.74, 6) is -0.311. The number of benzene rings is 2. The average Bonchev–Trinajstić information content (AvgIpc) is 3.15. The number of aryl methyl sites for hydroxylation is 1. The zero-order chi connectivity index (χ0) is 18.7. The van der Waals surface area contributed by atoms with Crippen LogP contribution in [0.15, 0.2) is 36.4 Å². The third kappa shape index (κ3) is 4.08. The SMILES string of the molecule is CCN(C[C@H]1CCCO1)C(=O)c1ccc(-c2cc(F)c(C)cc2Cl)cc1. The van der Waals surface area contributed by atoms with Gasteiger partial charge in [-0.05, 0) is 62.1 Å². The number of hydrogen-bond acceptors (Lipinski definition) is 2. The number of rotatable bonds is 5. The third-order valence-corrected chi connectivity index (χ3v) is 5.12. The molecule has 1 aliphatic rings. The molecule has 1 heterocycles. The number of hydrogen-bond donors (Lipinski definition) is 0. The summed E-state index contributed by atoms with van der Waals surface area (Å²) in [5, 5.41) is 0.497. The fraction of sp³-hybridized carbons (Fsp3) is 0.381. The molecule has 0 spiro atoms. The molecule has 2 aromatic carbocycles. The Morgan fingerprint density at radius 3 is 2.65 bits per heavy atom. The number of ether oxygens (including phenoxy) is 1. The lowest BCUT2D eigenvalue weighted by atomic mass is 10.0. The second kappa shape index (κ2) is 8.19. The molecule has 0 bridgehead atoms. The molecule has 3 nitrogen and oxygen atoms in total. The first kappa shape index (κ1) is 18.9. The van der Waals surface area contributed by atoms with Gasteiger partial charge in [0.05, 0.1) is 6.10 Å². The van der Waals surface area contributed by atoms with Crippen LogP contribution in [0.4, 0.5) is 4.39 Å². The van der Waals surface area contributed by atoms with E-state index in [2.05, 4.69) is 0 Å². The molecule has 1 fully saturated rings. The van der Waals surface area contributed by atoms with Crippen LogP contribution in [0.25, 0.3) is 11.1 Å². The van der Waals surface area contributed by atoms with E-state index in [9.17, 15) is 9.18 Å². The highest BCUT2D eigenvalue weighted by Crippen LogP contribution is 2.30. The second-order valence-corrected chi connectivity index (χ2v) is 7.04. The first-order chi connectivity index (χ1) is 12.5. The van der Waals surface area contributed by atoms with Gasteiger partial charge < -0.3 is 9.64 Å². The molecule has 0 aliphatic carbocycles. The molecule has 0 unspecified atom stereocenters. The summed E-state index contributed by atoms with van der Waals surface area (Å²) in [5.41, 5.74) is 2.53. The molecule has 1 amide bonds. The van der Waals surface area contributed by atoms with E-state index in [0.29, 0.717) is 34.8 Å². The maximum atomic E-state index is 13.9. The van der Waals surface area contributed by atoms with Crippen LogP contribution in [0.5, 0.6) is 0 Å². The van der Waals surface area contributed by atoms with Gasteiger partial charge in [0.1, 0.15) is 5.82 Å². The van der Waals surface area contributed by atoms with Crippen molar-refractivity contribution in [2.45, 2.75) is 32.8 Å². The minimum absolute atomic E-state index is 0.0178. The van der Waals surface area contributed by atoms with Crippen LogP contribution in [0, 0.1) is 12.7 Å². The van der Waals surface area contributed by atoms with Gasteiger partial charge in [0.25, 0.3) is 5.91 Å². The molecule has 0 N–H and O–H groups in total. The minimum Gasteiger partial charge on any atom is -0.376 e. The van der Waals surface area contributed by atoms with Crippen molar-refractivity contribution < 1.29 is 13.9 Å². The fourth-order valence-corrected chi connectivity index (χ4v) is 3.56. The van der Waals surface area contributed by atoms with E-state index in [1.54, 1.807) is 25.1 Å². The Labute approximate surface area is 158 Å². The zero-order valence-electron chi connectivity index (χ0n) is 15.1. The largest absolute Gasteiger partial charge is 0.376 e. The number of carbonyl (C=O) groups excluding carboxylic acids is 1. The molecule has 2 aromatic rings. The van der Waals surface area contributed by atoms with Gasteiger partial charge in [0.15, 0.2) is 0 Å². The molecule has 138 valence electrons. The molecule has 0 radical (unpaired) electrons. The van der Waals surface area contributed by atoms with E-state index in [0.717, 1.165) is 25.0 Å². The van der Waals surface area contributed by atoms with Gasteiger partial charge in [-0.15, -0.1) is 0 Å². The lowest BCUT2D eigenvalue weighted by molar-refractivity contribution is 0.0539. The van der Waals surface area contributed by atoms with Gasteiger partial charge in [-0.2, -0.15) is 0 Å². The molecule has 1 saturated heterocycles. The first-order valence-corrected chi connectivity index (χ1v) is 9.34. The van der Waals surface area contributed by atoms with Crippen LogP contribution >= 0.6 is 11.6 Å². The summed E-state index contributed by atoms with van der Waals surface area (Å²) in [4.78, 5) is 14.6. The molecule has 0 aromatic heterocycles. The highest BCUT2D eigenvalue weighted by Gasteiger charge is 2.22. The third-order valence-electron chi connectivity index (χ3n) is 4.81. The van der Waals surface area contributed by atoms with Gasteiger partial charge in [-0.1, -0.05) is 23.7 Å². The van der Waals surface area contributed by atoms with Gasteiger partial charge in [-0.3, -0.25) is 4.79 Å². The van der Waals surface area contributed by atoms with Crippen molar-refractivity contribution in [3.63, 3.8) is 0 Å². The minimum atomic E-state index is -0.293. The quantitative estimate of drug-likeness (QED) is 0.728. The Morgan fingerprint density at radius 1 is 1.31 bits per heavy atom. The van der Waals surface area contributed by atoms with Gasteiger partial charge in [0, 0.05) is 35.8 Å². The summed E-state index contributed by atoms with van der Waals surface area (Å²) in [6.45, 7) is 5.68.